The third kappa shape index (κ3) is 3.80. The summed E-state index contributed by atoms with van der Waals surface area (Å²) in [5.41, 5.74) is 1.12. The van der Waals surface area contributed by atoms with Crippen molar-refractivity contribution in [2.24, 2.45) is 5.92 Å². The second kappa shape index (κ2) is 6.46. The lowest BCUT2D eigenvalue weighted by Gasteiger charge is -2.20. The van der Waals surface area contributed by atoms with Crippen molar-refractivity contribution in [3.05, 3.63) is 18.1 Å². The molecule has 1 aromatic rings. The van der Waals surface area contributed by atoms with Crippen LogP contribution in [0.3, 0.4) is 0 Å². The highest BCUT2D eigenvalue weighted by molar-refractivity contribution is 5.35. The largest absolute Gasteiger partial charge is 0.367 e. The van der Waals surface area contributed by atoms with Gasteiger partial charge in [-0.1, -0.05) is 33.6 Å². The van der Waals surface area contributed by atoms with Crippen LogP contribution < -0.4 is 5.32 Å². The van der Waals surface area contributed by atoms with E-state index in [1.807, 2.05) is 0 Å². The monoisotopic (exact) mass is 221 g/mol. The van der Waals surface area contributed by atoms with E-state index < -0.39 is 0 Å². The van der Waals surface area contributed by atoms with Gasteiger partial charge in [0.15, 0.2) is 0 Å². The number of aromatic nitrogens is 2. The fourth-order valence-electron chi connectivity index (χ4n) is 1.60. The molecule has 0 saturated heterocycles. The number of nitrogens with zero attached hydrogens (tertiary/aromatic N) is 2. The van der Waals surface area contributed by atoms with E-state index in [0.29, 0.717) is 12.0 Å². The summed E-state index contributed by atoms with van der Waals surface area (Å²) in [5, 5.41) is 3.44. The van der Waals surface area contributed by atoms with Crippen molar-refractivity contribution in [2.75, 3.05) is 5.32 Å². The molecule has 3 heteroatoms. The normalized spacial score (nSPS) is 14.5. The summed E-state index contributed by atoms with van der Waals surface area (Å²) in [5.74, 6) is 1.61. The number of aryl methyl sites for hydroxylation is 1. The van der Waals surface area contributed by atoms with Crippen LogP contribution in [0, 0.1) is 5.92 Å². The first-order valence-corrected chi connectivity index (χ1v) is 6.24. The van der Waals surface area contributed by atoms with E-state index in [0.717, 1.165) is 24.4 Å². The molecule has 0 fully saturated rings. The molecule has 0 amide bonds. The molecule has 1 aromatic heterocycles. The standard InChI is InChI=1S/C13H23N3/c1-5-7-12-8-13(15-9-14-12)16-11(4)10(3)6-2/h8-11H,5-7H2,1-4H3,(H,14,15,16). The SMILES string of the molecule is CCCc1cc(NC(C)C(C)CC)ncn1. The van der Waals surface area contributed by atoms with Gasteiger partial charge in [0.2, 0.25) is 0 Å². The van der Waals surface area contributed by atoms with Gasteiger partial charge in [0.05, 0.1) is 0 Å². The molecule has 2 unspecified atom stereocenters. The highest BCUT2D eigenvalue weighted by Gasteiger charge is 2.10. The van der Waals surface area contributed by atoms with Crippen LogP contribution >= 0.6 is 0 Å². The van der Waals surface area contributed by atoms with E-state index in [1.165, 1.54) is 6.42 Å². The van der Waals surface area contributed by atoms with Crippen molar-refractivity contribution in [3.8, 4) is 0 Å². The van der Waals surface area contributed by atoms with Gasteiger partial charge in [0.25, 0.3) is 0 Å². The molecule has 0 saturated carbocycles. The number of anilines is 1. The summed E-state index contributed by atoms with van der Waals surface area (Å²) < 4.78 is 0. The molecule has 3 nitrogen and oxygen atoms in total. The zero-order valence-electron chi connectivity index (χ0n) is 10.8. The van der Waals surface area contributed by atoms with E-state index in [-0.39, 0.29) is 0 Å². The van der Waals surface area contributed by atoms with Crippen molar-refractivity contribution in [2.45, 2.75) is 53.0 Å². The van der Waals surface area contributed by atoms with Crippen LogP contribution in [-0.2, 0) is 6.42 Å². The Morgan fingerprint density at radius 2 is 2.00 bits per heavy atom. The quantitative estimate of drug-likeness (QED) is 0.801. The van der Waals surface area contributed by atoms with Crippen molar-refractivity contribution in [3.63, 3.8) is 0 Å². The smallest absolute Gasteiger partial charge is 0.129 e. The molecule has 0 aromatic carbocycles. The summed E-state index contributed by atoms with van der Waals surface area (Å²) >= 11 is 0. The van der Waals surface area contributed by atoms with Gasteiger partial charge in [-0.15, -0.1) is 0 Å². The lowest BCUT2D eigenvalue weighted by atomic mass is 10.0. The summed E-state index contributed by atoms with van der Waals surface area (Å²) in [6.45, 7) is 8.84. The minimum Gasteiger partial charge on any atom is -0.367 e. The Morgan fingerprint density at radius 1 is 1.25 bits per heavy atom. The molecule has 0 radical (unpaired) electrons. The Morgan fingerprint density at radius 3 is 2.62 bits per heavy atom. The topological polar surface area (TPSA) is 37.8 Å². The Balaban J connectivity index is 2.62. The van der Waals surface area contributed by atoms with Gasteiger partial charge in [-0.25, -0.2) is 9.97 Å². The second-order valence-corrected chi connectivity index (χ2v) is 4.46. The Bertz CT molecular complexity index is 312. The zero-order valence-corrected chi connectivity index (χ0v) is 10.8. The molecule has 2 atom stereocenters. The molecule has 1 rings (SSSR count). The molecular weight excluding hydrogens is 198 g/mol. The average Bonchev–Trinajstić information content (AvgIpc) is 2.29. The van der Waals surface area contributed by atoms with E-state index in [9.17, 15) is 0 Å². The first kappa shape index (κ1) is 12.9. The van der Waals surface area contributed by atoms with Gasteiger partial charge in [-0.3, -0.25) is 0 Å². The fourth-order valence-corrected chi connectivity index (χ4v) is 1.60. The number of hydrogen-bond acceptors (Lipinski definition) is 3. The Labute approximate surface area is 98.7 Å². The molecule has 1 N–H and O–H groups in total. The maximum Gasteiger partial charge on any atom is 0.129 e. The van der Waals surface area contributed by atoms with E-state index in [2.05, 4.69) is 49.0 Å². The maximum atomic E-state index is 4.26. The van der Waals surface area contributed by atoms with Crippen LogP contribution in [0.4, 0.5) is 5.82 Å². The van der Waals surface area contributed by atoms with E-state index in [4.69, 9.17) is 0 Å². The van der Waals surface area contributed by atoms with Gasteiger partial charge in [0.1, 0.15) is 12.1 Å². The van der Waals surface area contributed by atoms with Gasteiger partial charge in [-0.2, -0.15) is 0 Å². The highest BCUT2D eigenvalue weighted by atomic mass is 15.0. The van der Waals surface area contributed by atoms with Crippen LogP contribution in [0.1, 0.15) is 46.2 Å². The molecule has 0 spiro atoms. The van der Waals surface area contributed by atoms with Crippen LogP contribution in [0.15, 0.2) is 12.4 Å². The predicted molar refractivity (Wildman–Crippen MR) is 68.6 cm³/mol. The van der Waals surface area contributed by atoms with E-state index >= 15 is 0 Å². The lowest BCUT2D eigenvalue weighted by Crippen LogP contribution is -2.23. The molecule has 1 heterocycles. The third-order valence-corrected chi connectivity index (χ3v) is 3.10. The Hall–Kier alpha value is -1.12. The van der Waals surface area contributed by atoms with Crippen molar-refractivity contribution in [1.29, 1.82) is 0 Å². The summed E-state index contributed by atoms with van der Waals surface area (Å²) in [4.78, 5) is 8.51. The first-order chi connectivity index (χ1) is 7.67. The molecule has 90 valence electrons. The summed E-state index contributed by atoms with van der Waals surface area (Å²) in [7, 11) is 0. The summed E-state index contributed by atoms with van der Waals surface area (Å²) in [6, 6.07) is 2.51. The van der Waals surface area contributed by atoms with Crippen LogP contribution in [0.5, 0.6) is 0 Å². The van der Waals surface area contributed by atoms with Crippen molar-refractivity contribution >= 4 is 5.82 Å². The van der Waals surface area contributed by atoms with Gasteiger partial charge in [-0.05, 0) is 19.3 Å². The Kier molecular flexibility index (Phi) is 5.23. The zero-order chi connectivity index (χ0) is 12.0. The van der Waals surface area contributed by atoms with Crippen LogP contribution in [0.2, 0.25) is 0 Å². The van der Waals surface area contributed by atoms with E-state index in [1.54, 1.807) is 6.33 Å². The minimum atomic E-state index is 0.453. The average molecular weight is 221 g/mol. The number of nitrogens with one attached hydrogen (secondary N) is 1. The van der Waals surface area contributed by atoms with Gasteiger partial charge < -0.3 is 5.32 Å². The highest BCUT2D eigenvalue weighted by Crippen LogP contribution is 2.13. The fraction of sp³-hybridized carbons (Fsp3) is 0.692. The number of rotatable bonds is 6. The van der Waals surface area contributed by atoms with Crippen molar-refractivity contribution in [1.82, 2.24) is 9.97 Å². The first-order valence-electron chi connectivity index (χ1n) is 6.24. The molecule has 0 aliphatic heterocycles. The van der Waals surface area contributed by atoms with Crippen LogP contribution in [0.25, 0.3) is 0 Å². The lowest BCUT2D eigenvalue weighted by molar-refractivity contribution is 0.493. The van der Waals surface area contributed by atoms with Gasteiger partial charge in [0, 0.05) is 17.8 Å². The summed E-state index contributed by atoms with van der Waals surface area (Å²) in [6.07, 6.45) is 4.98. The van der Waals surface area contributed by atoms with Gasteiger partial charge >= 0.3 is 0 Å². The minimum absolute atomic E-state index is 0.453. The molecule has 16 heavy (non-hydrogen) atoms. The third-order valence-electron chi connectivity index (χ3n) is 3.10. The maximum absolute atomic E-state index is 4.26. The second-order valence-electron chi connectivity index (χ2n) is 4.46. The van der Waals surface area contributed by atoms with Crippen molar-refractivity contribution < 1.29 is 0 Å². The molecular formula is C13H23N3. The number of hydrogen-bond donors (Lipinski definition) is 1. The molecule has 0 aliphatic carbocycles. The van der Waals surface area contributed by atoms with Crippen LogP contribution in [-0.4, -0.2) is 16.0 Å². The molecule has 0 aliphatic rings. The molecule has 0 bridgehead atoms. The predicted octanol–water partition coefficient (Wildman–Crippen LogP) is 3.28.